The van der Waals surface area contributed by atoms with Crippen LogP contribution in [0.4, 0.5) is 5.82 Å². The zero-order valence-electron chi connectivity index (χ0n) is 8.40. The van der Waals surface area contributed by atoms with Crippen molar-refractivity contribution in [2.45, 2.75) is 0 Å². The second-order valence-corrected chi connectivity index (χ2v) is 5.21. The maximum absolute atomic E-state index is 5.46. The summed E-state index contributed by atoms with van der Waals surface area (Å²) in [5, 5.41) is 0. The first-order valence-electron chi connectivity index (χ1n) is 5.27. The molecule has 0 amide bonds. The van der Waals surface area contributed by atoms with E-state index in [1.54, 1.807) is 0 Å². The van der Waals surface area contributed by atoms with Crippen molar-refractivity contribution in [1.29, 1.82) is 0 Å². The van der Waals surface area contributed by atoms with Gasteiger partial charge < -0.3 is 9.64 Å². The van der Waals surface area contributed by atoms with E-state index >= 15 is 0 Å². The molecule has 2 aliphatic heterocycles. The monoisotopic (exact) mass is 268 g/mol. The van der Waals surface area contributed by atoms with Gasteiger partial charge in [-0.15, -0.1) is 0 Å². The fourth-order valence-electron chi connectivity index (χ4n) is 2.43. The topological polar surface area (TPSA) is 25.4 Å². The Morgan fingerprint density at radius 3 is 2.60 bits per heavy atom. The van der Waals surface area contributed by atoms with Gasteiger partial charge in [-0.1, -0.05) is 0 Å². The molecule has 2 fully saturated rings. The van der Waals surface area contributed by atoms with E-state index in [-0.39, 0.29) is 0 Å². The van der Waals surface area contributed by atoms with E-state index in [0.29, 0.717) is 0 Å². The van der Waals surface area contributed by atoms with Crippen molar-refractivity contribution in [1.82, 2.24) is 4.98 Å². The zero-order chi connectivity index (χ0) is 10.3. The molecule has 2 aliphatic rings. The summed E-state index contributed by atoms with van der Waals surface area (Å²) >= 11 is 3.40. The summed E-state index contributed by atoms with van der Waals surface area (Å²) in [6, 6.07) is 4.12. The minimum Gasteiger partial charge on any atom is -0.381 e. The lowest BCUT2D eigenvalue weighted by Gasteiger charge is -2.18. The number of halogens is 1. The van der Waals surface area contributed by atoms with E-state index in [0.717, 1.165) is 48.4 Å². The molecule has 0 radical (unpaired) electrons. The van der Waals surface area contributed by atoms with Crippen molar-refractivity contribution in [2.24, 2.45) is 11.8 Å². The Hall–Kier alpha value is -0.610. The Balaban J connectivity index is 1.76. The molecule has 1 unspecified atom stereocenters. The molecule has 1 aromatic heterocycles. The molecule has 0 aromatic carbocycles. The second-order valence-electron chi connectivity index (χ2n) is 4.30. The van der Waals surface area contributed by atoms with Gasteiger partial charge in [0.1, 0.15) is 5.82 Å². The molecule has 0 spiro atoms. The van der Waals surface area contributed by atoms with Crippen LogP contribution in [0.3, 0.4) is 0 Å². The van der Waals surface area contributed by atoms with Crippen molar-refractivity contribution >= 4 is 21.7 Å². The van der Waals surface area contributed by atoms with E-state index in [4.69, 9.17) is 4.74 Å². The number of rotatable bonds is 1. The minimum atomic E-state index is 0.718. The van der Waals surface area contributed by atoms with E-state index in [1.165, 1.54) is 0 Å². The third-order valence-corrected chi connectivity index (χ3v) is 3.75. The van der Waals surface area contributed by atoms with Gasteiger partial charge in [0.2, 0.25) is 0 Å². The average Bonchev–Trinajstić information content (AvgIpc) is 2.78. The molecule has 1 aromatic rings. The first-order chi connectivity index (χ1) is 7.33. The molecule has 0 bridgehead atoms. The van der Waals surface area contributed by atoms with Crippen LogP contribution < -0.4 is 4.90 Å². The molecule has 3 heterocycles. The Morgan fingerprint density at radius 1 is 1.27 bits per heavy atom. The number of ether oxygens (including phenoxy) is 1. The Morgan fingerprint density at radius 2 is 2.00 bits per heavy atom. The molecular weight excluding hydrogens is 256 g/mol. The van der Waals surface area contributed by atoms with E-state index < -0.39 is 0 Å². The molecular formula is C11H13BrN2O. The third kappa shape index (κ3) is 1.76. The van der Waals surface area contributed by atoms with E-state index in [1.807, 2.05) is 12.3 Å². The first kappa shape index (κ1) is 9.60. The summed E-state index contributed by atoms with van der Waals surface area (Å²) in [6.07, 6.45) is 1.86. The van der Waals surface area contributed by atoms with Gasteiger partial charge in [0.05, 0.1) is 13.2 Å². The quantitative estimate of drug-likeness (QED) is 0.779. The van der Waals surface area contributed by atoms with Crippen molar-refractivity contribution in [3.63, 3.8) is 0 Å². The fraction of sp³-hybridized carbons (Fsp3) is 0.545. The lowest BCUT2D eigenvalue weighted by Crippen LogP contribution is -2.22. The smallest absolute Gasteiger partial charge is 0.128 e. The Labute approximate surface area is 97.6 Å². The highest BCUT2D eigenvalue weighted by atomic mass is 79.9. The van der Waals surface area contributed by atoms with Gasteiger partial charge in [-0.3, -0.25) is 0 Å². The number of hydrogen-bond donors (Lipinski definition) is 0. The summed E-state index contributed by atoms with van der Waals surface area (Å²) in [7, 11) is 0. The van der Waals surface area contributed by atoms with Gasteiger partial charge in [0, 0.05) is 35.6 Å². The molecule has 2 atom stereocenters. The van der Waals surface area contributed by atoms with Gasteiger partial charge >= 0.3 is 0 Å². The summed E-state index contributed by atoms with van der Waals surface area (Å²) in [5.74, 6) is 2.53. The zero-order valence-corrected chi connectivity index (χ0v) is 9.98. The highest BCUT2D eigenvalue weighted by Gasteiger charge is 2.37. The van der Waals surface area contributed by atoms with Gasteiger partial charge in [-0.2, -0.15) is 0 Å². The van der Waals surface area contributed by atoms with Gasteiger partial charge in [0.25, 0.3) is 0 Å². The second kappa shape index (κ2) is 3.76. The lowest BCUT2D eigenvalue weighted by atomic mass is 10.0. The van der Waals surface area contributed by atoms with Gasteiger partial charge in [-0.05, 0) is 28.1 Å². The van der Waals surface area contributed by atoms with Crippen LogP contribution in [0.2, 0.25) is 0 Å². The predicted octanol–water partition coefficient (Wildman–Crippen LogP) is 1.93. The summed E-state index contributed by atoms with van der Waals surface area (Å²) < 4.78 is 6.50. The normalized spacial score (nSPS) is 29.5. The average molecular weight is 269 g/mol. The van der Waals surface area contributed by atoms with E-state index in [2.05, 4.69) is 31.9 Å². The summed E-state index contributed by atoms with van der Waals surface area (Å²) in [4.78, 5) is 6.79. The first-order valence-corrected chi connectivity index (χ1v) is 6.06. The summed E-state index contributed by atoms with van der Waals surface area (Å²) in [5.41, 5.74) is 0. The van der Waals surface area contributed by atoms with Crippen LogP contribution in [0, 0.1) is 11.8 Å². The number of fused-ring (bicyclic) bond motifs is 1. The van der Waals surface area contributed by atoms with Crippen LogP contribution in [-0.4, -0.2) is 31.3 Å². The molecule has 4 heteroatoms. The van der Waals surface area contributed by atoms with Crippen molar-refractivity contribution in [3.8, 4) is 0 Å². The number of nitrogens with zero attached hydrogens (tertiary/aromatic N) is 2. The third-order valence-electron chi connectivity index (χ3n) is 3.28. The Kier molecular flexibility index (Phi) is 2.41. The lowest BCUT2D eigenvalue weighted by molar-refractivity contribution is 0.177. The number of hydrogen-bond acceptors (Lipinski definition) is 3. The van der Waals surface area contributed by atoms with Crippen LogP contribution in [0.15, 0.2) is 22.8 Å². The molecule has 80 valence electrons. The fourth-order valence-corrected chi connectivity index (χ4v) is 2.66. The van der Waals surface area contributed by atoms with Crippen molar-refractivity contribution < 1.29 is 4.74 Å². The van der Waals surface area contributed by atoms with Crippen LogP contribution in [0.25, 0.3) is 0 Å². The SMILES string of the molecule is Brc1ccc(N2CC3COC[C@@H]3C2)nc1. The van der Waals surface area contributed by atoms with Gasteiger partial charge in [-0.25, -0.2) is 4.98 Å². The van der Waals surface area contributed by atoms with Crippen LogP contribution >= 0.6 is 15.9 Å². The standard InChI is InChI=1S/C11H13BrN2O/c12-10-1-2-11(13-3-10)14-4-8-6-15-7-9(8)5-14/h1-3,8-9H,4-7H2/t8-,9?/m0/s1. The number of pyridine rings is 1. The van der Waals surface area contributed by atoms with Crippen molar-refractivity contribution in [2.75, 3.05) is 31.2 Å². The maximum atomic E-state index is 5.46. The van der Waals surface area contributed by atoms with Crippen LogP contribution in [-0.2, 0) is 4.74 Å². The number of anilines is 1. The van der Waals surface area contributed by atoms with Crippen LogP contribution in [0.1, 0.15) is 0 Å². The molecule has 0 N–H and O–H groups in total. The molecule has 0 saturated carbocycles. The van der Waals surface area contributed by atoms with Crippen LogP contribution in [0.5, 0.6) is 0 Å². The molecule has 2 saturated heterocycles. The molecule has 0 aliphatic carbocycles. The Bertz CT molecular complexity index is 342. The minimum absolute atomic E-state index is 0.718. The highest BCUT2D eigenvalue weighted by Crippen LogP contribution is 2.31. The summed E-state index contributed by atoms with van der Waals surface area (Å²) in [6.45, 7) is 4.05. The van der Waals surface area contributed by atoms with Gasteiger partial charge in [0.15, 0.2) is 0 Å². The molecule has 3 nitrogen and oxygen atoms in total. The molecule has 15 heavy (non-hydrogen) atoms. The maximum Gasteiger partial charge on any atom is 0.128 e. The van der Waals surface area contributed by atoms with E-state index in [9.17, 15) is 0 Å². The largest absolute Gasteiger partial charge is 0.381 e. The molecule has 3 rings (SSSR count). The highest BCUT2D eigenvalue weighted by molar-refractivity contribution is 9.10. The number of aromatic nitrogens is 1. The van der Waals surface area contributed by atoms with Crippen molar-refractivity contribution in [3.05, 3.63) is 22.8 Å². The predicted molar refractivity (Wildman–Crippen MR) is 61.9 cm³/mol.